The van der Waals surface area contributed by atoms with Crippen molar-refractivity contribution in [3.63, 3.8) is 0 Å². The monoisotopic (exact) mass is 363 g/mol. The summed E-state index contributed by atoms with van der Waals surface area (Å²) in [6.07, 6.45) is 3.46. The molecule has 3 aromatic rings. The number of rotatable bonds is 7. The number of hydrogen-bond acceptors (Lipinski definition) is 5. The number of carbonyl (C=O) groups is 1. The van der Waals surface area contributed by atoms with Crippen molar-refractivity contribution in [1.82, 2.24) is 10.3 Å². The van der Waals surface area contributed by atoms with Crippen molar-refractivity contribution in [2.45, 2.75) is 13.2 Å². The Labute approximate surface area is 155 Å². The molecule has 2 aromatic carbocycles. The summed E-state index contributed by atoms with van der Waals surface area (Å²) in [5, 5.41) is 13.5. The first kappa shape index (κ1) is 18.1. The predicted octanol–water partition coefficient (Wildman–Crippen LogP) is 3.50. The number of aromatic nitrogens is 1. The molecule has 1 aromatic heterocycles. The van der Waals surface area contributed by atoms with Crippen LogP contribution in [0, 0.1) is 10.1 Å². The fourth-order valence-electron chi connectivity index (χ4n) is 2.40. The molecule has 27 heavy (non-hydrogen) atoms. The van der Waals surface area contributed by atoms with E-state index in [1.807, 2.05) is 36.4 Å². The average Bonchev–Trinajstić information content (AvgIpc) is 2.72. The molecule has 1 heterocycles. The van der Waals surface area contributed by atoms with Crippen LogP contribution in [0.1, 0.15) is 21.5 Å². The number of nitrogens with one attached hydrogen (secondary N) is 1. The predicted molar refractivity (Wildman–Crippen MR) is 99.3 cm³/mol. The fraction of sp³-hybridized carbons (Fsp3) is 0.100. The lowest BCUT2D eigenvalue weighted by atomic mass is 10.1. The van der Waals surface area contributed by atoms with E-state index < -0.39 is 4.92 Å². The van der Waals surface area contributed by atoms with E-state index in [9.17, 15) is 14.9 Å². The summed E-state index contributed by atoms with van der Waals surface area (Å²) in [4.78, 5) is 26.5. The molecular formula is C20H17N3O4. The molecule has 7 nitrogen and oxygen atoms in total. The molecule has 7 heteroatoms. The lowest BCUT2D eigenvalue weighted by Crippen LogP contribution is -2.22. The van der Waals surface area contributed by atoms with E-state index in [1.54, 1.807) is 12.4 Å². The highest BCUT2D eigenvalue weighted by Crippen LogP contribution is 2.15. The van der Waals surface area contributed by atoms with Crippen LogP contribution >= 0.6 is 0 Å². The topological polar surface area (TPSA) is 94.4 Å². The Bertz CT molecular complexity index is 927. The quantitative estimate of drug-likeness (QED) is 0.512. The number of nitro groups is 1. The van der Waals surface area contributed by atoms with Crippen LogP contribution in [0.25, 0.3) is 0 Å². The zero-order chi connectivity index (χ0) is 19.1. The molecule has 136 valence electrons. The Morgan fingerprint density at radius 1 is 1.07 bits per heavy atom. The fourth-order valence-corrected chi connectivity index (χ4v) is 2.40. The third-order valence-corrected chi connectivity index (χ3v) is 3.82. The summed E-state index contributed by atoms with van der Waals surface area (Å²) in [6, 6.07) is 16.8. The summed E-state index contributed by atoms with van der Waals surface area (Å²) >= 11 is 0. The third-order valence-electron chi connectivity index (χ3n) is 3.82. The first-order valence-electron chi connectivity index (χ1n) is 8.25. The first-order valence-corrected chi connectivity index (χ1v) is 8.25. The van der Waals surface area contributed by atoms with Gasteiger partial charge in [-0.1, -0.05) is 24.3 Å². The number of nitrogens with zero attached hydrogens (tertiary/aromatic N) is 2. The van der Waals surface area contributed by atoms with Gasteiger partial charge in [0.05, 0.1) is 4.92 Å². The number of hydrogen-bond donors (Lipinski definition) is 1. The summed E-state index contributed by atoms with van der Waals surface area (Å²) in [7, 11) is 0. The molecule has 0 aliphatic heterocycles. The van der Waals surface area contributed by atoms with Gasteiger partial charge in [-0.05, 0) is 29.8 Å². The van der Waals surface area contributed by atoms with Gasteiger partial charge in [0.15, 0.2) is 0 Å². The standard InChI is InChI=1S/C20H17N3O4/c24-20(17-4-1-5-18(11-17)23(25)26)22-13-15-6-8-19(9-7-15)27-14-16-3-2-10-21-12-16/h1-12H,13-14H2,(H,22,24). The van der Waals surface area contributed by atoms with Crippen molar-refractivity contribution in [2.75, 3.05) is 0 Å². The Morgan fingerprint density at radius 2 is 1.89 bits per heavy atom. The van der Waals surface area contributed by atoms with Crippen LogP contribution in [0.4, 0.5) is 5.69 Å². The molecule has 0 fully saturated rings. The number of amides is 1. The summed E-state index contributed by atoms with van der Waals surface area (Å²) in [5.74, 6) is 0.350. The maximum Gasteiger partial charge on any atom is 0.270 e. The van der Waals surface area contributed by atoms with Gasteiger partial charge in [-0.25, -0.2) is 0 Å². The highest BCUT2D eigenvalue weighted by molar-refractivity contribution is 5.94. The molecule has 0 radical (unpaired) electrons. The number of ether oxygens (including phenoxy) is 1. The molecule has 0 saturated heterocycles. The van der Waals surface area contributed by atoms with Crippen LogP contribution in [-0.4, -0.2) is 15.8 Å². The average molecular weight is 363 g/mol. The van der Waals surface area contributed by atoms with Gasteiger partial charge in [-0.3, -0.25) is 19.9 Å². The maximum absolute atomic E-state index is 12.2. The van der Waals surface area contributed by atoms with Crippen LogP contribution in [-0.2, 0) is 13.2 Å². The summed E-state index contributed by atoms with van der Waals surface area (Å²) in [5.41, 5.74) is 2.01. The number of carbonyl (C=O) groups excluding carboxylic acids is 1. The van der Waals surface area contributed by atoms with Gasteiger partial charge in [0.1, 0.15) is 12.4 Å². The molecule has 0 bridgehead atoms. The van der Waals surface area contributed by atoms with Crippen molar-refractivity contribution in [2.24, 2.45) is 0 Å². The minimum atomic E-state index is -0.527. The molecule has 3 rings (SSSR count). The molecule has 0 unspecified atom stereocenters. The Hall–Kier alpha value is -3.74. The van der Waals surface area contributed by atoms with Gasteiger partial charge in [-0.2, -0.15) is 0 Å². The van der Waals surface area contributed by atoms with Crippen molar-refractivity contribution in [3.8, 4) is 5.75 Å². The molecule has 0 aliphatic rings. The largest absolute Gasteiger partial charge is 0.489 e. The number of nitro benzene ring substituents is 1. The van der Waals surface area contributed by atoms with E-state index in [-0.39, 0.29) is 17.2 Å². The van der Waals surface area contributed by atoms with Gasteiger partial charge >= 0.3 is 0 Å². The van der Waals surface area contributed by atoms with Crippen molar-refractivity contribution < 1.29 is 14.5 Å². The molecule has 0 spiro atoms. The van der Waals surface area contributed by atoms with Gasteiger partial charge < -0.3 is 10.1 Å². The van der Waals surface area contributed by atoms with E-state index in [2.05, 4.69) is 10.3 Å². The first-order chi connectivity index (χ1) is 13.1. The molecular weight excluding hydrogens is 346 g/mol. The van der Waals surface area contributed by atoms with Crippen LogP contribution in [0.5, 0.6) is 5.75 Å². The van der Waals surface area contributed by atoms with Crippen molar-refractivity contribution in [1.29, 1.82) is 0 Å². The van der Waals surface area contributed by atoms with Gasteiger partial charge in [0.25, 0.3) is 11.6 Å². The molecule has 1 amide bonds. The minimum absolute atomic E-state index is 0.113. The van der Waals surface area contributed by atoms with E-state index >= 15 is 0 Å². The van der Waals surface area contributed by atoms with Gasteiger partial charge in [0.2, 0.25) is 0 Å². The molecule has 0 aliphatic carbocycles. The van der Waals surface area contributed by atoms with Crippen molar-refractivity contribution in [3.05, 3.63) is 99.9 Å². The second-order valence-electron chi connectivity index (χ2n) is 5.78. The van der Waals surface area contributed by atoms with E-state index in [0.717, 1.165) is 11.1 Å². The zero-order valence-corrected chi connectivity index (χ0v) is 14.4. The Morgan fingerprint density at radius 3 is 2.59 bits per heavy atom. The smallest absolute Gasteiger partial charge is 0.270 e. The second-order valence-corrected chi connectivity index (χ2v) is 5.78. The van der Waals surface area contributed by atoms with Crippen LogP contribution in [0.2, 0.25) is 0 Å². The normalized spacial score (nSPS) is 10.2. The third kappa shape index (κ3) is 5.12. The lowest BCUT2D eigenvalue weighted by Gasteiger charge is -2.08. The van der Waals surface area contributed by atoms with E-state index in [0.29, 0.717) is 18.9 Å². The Kier molecular flexibility index (Phi) is 5.73. The molecule has 0 saturated carbocycles. The Balaban J connectivity index is 1.53. The van der Waals surface area contributed by atoms with Crippen molar-refractivity contribution >= 4 is 11.6 Å². The summed E-state index contributed by atoms with van der Waals surface area (Å²) < 4.78 is 5.69. The zero-order valence-electron chi connectivity index (χ0n) is 14.4. The molecule has 0 atom stereocenters. The van der Waals surface area contributed by atoms with Gasteiger partial charge in [0, 0.05) is 42.2 Å². The SMILES string of the molecule is O=C(NCc1ccc(OCc2cccnc2)cc1)c1cccc([N+](=O)[O-])c1. The maximum atomic E-state index is 12.2. The summed E-state index contributed by atoms with van der Waals surface area (Å²) in [6.45, 7) is 0.737. The molecule has 1 N–H and O–H groups in total. The second kappa shape index (κ2) is 8.57. The minimum Gasteiger partial charge on any atom is -0.489 e. The van der Waals surface area contributed by atoms with Crippen LogP contribution in [0.15, 0.2) is 73.1 Å². The lowest BCUT2D eigenvalue weighted by molar-refractivity contribution is -0.384. The number of pyridine rings is 1. The van der Waals surface area contributed by atoms with Gasteiger partial charge in [-0.15, -0.1) is 0 Å². The van der Waals surface area contributed by atoms with E-state index in [1.165, 1.54) is 24.3 Å². The number of non-ortho nitro benzene ring substituents is 1. The highest BCUT2D eigenvalue weighted by atomic mass is 16.6. The highest BCUT2D eigenvalue weighted by Gasteiger charge is 2.11. The van der Waals surface area contributed by atoms with Crippen LogP contribution < -0.4 is 10.1 Å². The van der Waals surface area contributed by atoms with E-state index in [4.69, 9.17) is 4.74 Å². The number of benzene rings is 2. The van der Waals surface area contributed by atoms with Crippen LogP contribution in [0.3, 0.4) is 0 Å².